The van der Waals surface area contributed by atoms with Gasteiger partial charge in [-0.2, -0.15) is 0 Å². The summed E-state index contributed by atoms with van der Waals surface area (Å²) in [4.78, 5) is 11.0. The highest BCUT2D eigenvalue weighted by molar-refractivity contribution is 5.71. The number of carbonyl (C=O) groups excluding carboxylic acids is 1. The Morgan fingerprint density at radius 2 is 2.12 bits per heavy atom. The molecule has 1 N–H and O–H groups in total. The molecule has 0 aliphatic heterocycles. The van der Waals surface area contributed by atoms with Gasteiger partial charge in [0.2, 0.25) is 0 Å². The molecule has 3 nitrogen and oxygen atoms in total. The van der Waals surface area contributed by atoms with Crippen LogP contribution >= 0.6 is 0 Å². The number of benzene rings is 1. The van der Waals surface area contributed by atoms with Crippen molar-refractivity contribution in [2.75, 3.05) is 20.2 Å². The maximum atomic E-state index is 11.0. The summed E-state index contributed by atoms with van der Waals surface area (Å²) in [5.74, 6) is -0.231. The number of hydrogen-bond acceptors (Lipinski definition) is 3. The first-order valence-corrected chi connectivity index (χ1v) is 5.80. The average Bonchev–Trinajstić information content (AvgIpc) is 2.28. The van der Waals surface area contributed by atoms with Crippen LogP contribution in [-0.2, 0) is 14.9 Å². The molecule has 0 unspecified atom stereocenters. The second kappa shape index (κ2) is 5.82. The van der Waals surface area contributed by atoms with Gasteiger partial charge in [-0.15, -0.1) is 0 Å². The van der Waals surface area contributed by atoms with E-state index in [1.54, 1.807) is 0 Å². The van der Waals surface area contributed by atoms with Gasteiger partial charge in [-0.05, 0) is 12.5 Å². The summed E-state index contributed by atoms with van der Waals surface area (Å²) in [6.45, 7) is 7.40. The number of methoxy groups -OCH3 is 1. The van der Waals surface area contributed by atoms with Crippen LogP contribution in [0, 0.1) is 6.92 Å². The number of ether oxygens (including phenoxy) is 1. The molecule has 1 aromatic rings. The van der Waals surface area contributed by atoms with Gasteiger partial charge in [0.15, 0.2) is 0 Å². The highest BCUT2D eigenvalue weighted by atomic mass is 16.5. The predicted octanol–water partition coefficient (Wildman–Crippen LogP) is 2.04. The molecule has 0 saturated carbocycles. The molecule has 0 fully saturated rings. The minimum absolute atomic E-state index is 0.0000411. The van der Waals surface area contributed by atoms with Crippen molar-refractivity contribution >= 4 is 5.97 Å². The number of esters is 1. The summed E-state index contributed by atoms with van der Waals surface area (Å²) in [5.41, 5.74) is 2.53. The lowest BCUT2D eigenvalue weighted by Crippen LogP contribution is -2.36. The van der Waals surface area contributed by atoms with Crippen LogP contribution in [0.4, 0.5) is 0 Å². The number of hydrogen-bond donors (Lipinski definition) is 1. The van der Waals surface area contributed by atoms with Crippen LogP contribution in [0.15, 0.2) is 24.3 Å². The standard InChI is InChI=1S/C14H21NO2/c1-11-6-5-7-12(8-11)14(2,3)10-15-9-13(16)17-4/h5-8,15H,9-10H2,1-4H3. The van der Waals surface area contributed by atoms with E-state index in [-0.39, 0.29) is 17.9 Å². The maximum Gasteiger partial charge on any atom is 0.319 e. The third kappa shape index (κ3) is 4.19. The van der Waals surface area contributed by atoms with Crippen molar-refractivity contribution in [2.24, 2.45) is 0 Å². The molecule has 0 heterocycles. The molecule has 0 radical (unpaired) electrons. The van der Waals surface area contributed by atoms with Crippen molar-refractivity contribution in [1.82, 2.24) is 5.32 Å². The monoisotopic (exact) mass is 235 g/mol. The fraction of sp³-hybridized carbons (Fsp3) is 0.500. The summed E-state index contributed by atoms with van der Waals surface area (Å²) in [6, 6.07) is 8.45. The molecule has 0 bridgehead atoms. The highest BCUT2D eigenvalue weighted by Gasteiger charge is 2.20. The number of nitrogens with one attached hydrogen (secondary N) is 1. The van der Waals surface area contributed by atoms with Gasteiger partial charge < -0.3 is 10.1 Å². The summed E-state index contributed by atoms with van der Waals surface area (Å²) in [7, 11) is 1.40. The fourth-order valence-electron chi connectivity index (χ4n) is 1.72. The average molecular weight is 235 g/mol. The van der Waals surface area contributed by atoms with Crippen molar-refractivity contribution in [3.8, 4) is 0 Å². The van der Waals surface area contributed by atoms with Crippen LogP contribution in [0.2, 0.25) is 0 Å². The zero-order valence-electron chi connectivity index (χ0n) is 11.0. The van der Waals surface area contributed by atoms with E-state index in [1.807, 2.05) is 0 Å². The largest absolute Gasteiger partial charge is 0.468 e. The van der Waals surface area contributed by atoms with Crippen molar-refractivity contribution in [2.45, 2.75) is 26.2 Å². The first-order chi connectivity index (χ1) is 7.95. The van der Waals surface area contributed by atoms with E-state index in [0.717, 1.165) is 6.54 Å². The molecule has 0 spiro atoms. The Hall–Kier alpha value is -1.35. The van der Waals surface area contributed by atoms with Crippen molar-refractivity contribution < 1.29 is 9.53 Å². The number of rotatable bonds is 5. The van der Waals surface area contributed by atoms with E-state index in [9.17, 15) is 4.79 Å². The fourth-order valence-corrected chi connectivity index (χ4v) is 1.72. The smallest absolute Gasteiger partial charge is 0.319 e. The summed E-state index contributed by atoms with van der Waals surface area (Å²) < 4.78 is 4.59. The van der Waals surface area contributed by atoms with Crippen LogP contribution in [0.3, 0.4) is 0 Å². The first-order valence-electron chi connectivity index (χ1n) is 5.80. The lowest BCUT2D eigenvalue weighted by atomic mass is 9.84. The minimum atomic E-state index is -0.231. The Morgan fingerprint density at radius 1 is 1.41 bits per heavy atom. The lowest BCUT2D eigenvalue weighted by molar-refractivity contribution is -0.139. The zero-order chi connectivity index (χ0) is 12.9. The van der Waals surface area contributed by atoms with Gasteiger partial charge in [-0.25, -0.2) is 0 Å². The summed E-state index contributed by atoms with van der Waals surface area (Å²) in [5, 5.41) is 3.12. The Labute approximate surface area is 103 Å². The van der Waals surface area contributed by atoms with Gasteiger partial charge in [0, 0.05) is 12.0 Å². The zero-order valence-corrected chi connectivity index (χ0v) is 11.0. The van der Waals surface area contributed by atoms with Gasteiger partial charge >= 0.3 is 5.97 Å². The third-order valence-corrected chi connectivity index (χ3v) is 2.86. The van der Waals surface area contributed by atoms with Gasteiger partial charge in [0.1, 0.15) is 0 Å². The molecule has 0 aliphatic rings. The molecular formula is C14H21NO2. The molecule has 0 saturated heterocycles. The number of carbonyl (C=O) groups is 1. The van der Waals surface area contributed by atoms with Gasteiger partial charge in [-0.3, -0.25) is 4.79 Å². The van der Waals surface area contributed by atoms with Crippen LogP contribution in [0.25, 0.3) is 0 Å². The molecule has 0 amide bonds. The van der Waals surface area contributed by atoms with Gasteiger partial charge in [-0.1, -0.05) is 43.7 Å². The molecule has 1 rings (SSSR count). The van der Waals surface area contributed by atoms with E-state index in [1.165, 1.54) is 18.2 Å². The van der Waals surface area contributed by atoms with Crippen LogP contribution < -0.4 is 5.32 Å². The second-order valence-corrected chi connectivity index (χ2v) is 4.93. The Balaban J connectivity index is 2.59. The maximum absolute atomic E-state index is 11.0. The van der Waals surface area contributed by atoms with E-state index >= 15 is 0 Å². The predicted molar refractivity (Wildman–Crippen MR) is 69.1 cm³/mol. The van der Waals surface area contributed by atoms with E-state index < -0.39 is 0 Å². The van der Waals surface area contributed by atoms with Gasteiger partial charge in [0.05, 0.1) is 13.7 Å². The first kappa shape index (κ1) is 13.7. The van der Waals surface area contributed by atoms with Gasteiger partial charge in [0.25, 0.3) is 0 Å². The third-order valence-electron chi connectivity index (χ3n) is 2.86. The summed E-state index contributed by atoms with van der Waals surface area (Å²) in [6.07, 6.45) is 0. The molecule has 0 atom stereocenters. The molecular weight excluding hydrogens is 214 g/mol. The molecule has 0 aromatic heterocycles. The Bertz CT molecular complexity index is 386. The van der Waals surface area contributed by atoms with Crippen molar-refractivity contribution in [3.05, 3.63) is 35.4 Å². The molecule has 94 valence electrons. The Kier molecular flexibility index (Phi) is 4.70. The molecule has 17 heavy (non-hydrogen) atoms. The highest BCUT2D eigenvalue weighted by Crippen LogP contribution is 2.22. The number of aryl methyl sites for hydroxylation is 1. The minimum Gasteiger partial charge on any atom is -0.468 e. The normalized spacial score (nSPS) is 11.3. The molecule has 3 heteroatoms. The lowest BCUT2D eigenvalue weighted by Gasteiger charge is -2.26. The van der Waals surface area contributed by atoms with Crippen LogP contribution in [0.1, 0.15) is 25.0 Å². The van der Waals surface area contributed by atoms with Crippen molar-refractivity contribution in [3.63, 3.8) is 0 Å². The van der Waals surface area contributed by atoms with Crippen molar-refractivity contribution in [1.29, 1.82) is 0 Å². The SMILES string of the molecule is COC(=O)CNCC(C)(C)c1cccc(C)c1. The van der Waals surface area contributed by atoms with Crippen LogP contribution in [0.5, 0.6) is 0 Å². The van der Waals surface area contributed by atoms with E-state index in [0.29, 0.717) is 0 Å². The van der Waals surface area contributed by atoms with E-state index in [4.69, 9.17) is 0 Å². The summed E-state index contributed by atoms with van der Waals surface area (Å²) >= 11 is 0. The molecule has 1 aromatic carbocycles. The second-order valence-electron chi connectivity index (χ2n) is 4.93. The topological polar surface area (TPSA) is 38.3 Å². The van der Waals surface area contributed by atoms with E-state index in [2.05, 4.69) is 55.1 Å². The Morgan fingerprint density at radius 3 is 2.71 bits per heavy atom. The molecule has 0 aliphatic carbocycles. The van der Waals surface area contributed by atoms with Crippen LogP contribution in [-0.4, -0.2) is 26.2 Å². The quantitative estimate of drug-likeness (QED) is 0.794.